The Morgan fingerprint density at radius 1 is 0.912 bits per heavy atom. The van der Waals surface area contributed by atoms with Crippen molar-refractivity contribution in [2.45, 2.75) is 18.4 Å². The van der Waals surface area contributed by atoms with Crippen LogP contribution in [0.5, 0.6) is 5.75 Å². The highest BCUT2D eigenvalue weighted by molar-refractivity contribution is 5.85. The van der Waals surface area contributed by atoms with E-state index in [1.165, 1.54) is 6.07 Å². The molecule has 0 radical (unpaired) electrons. The van der Waals surface area contributed by atoms with Gasteiger partial charge in [0.2, 0.25) is 0 Å². The van der Waals surface area contributed by atoms with Gasteiger partial charge in [0.15, 0.2) is 0 Å². The van der Waals surface area contributed by atoms with Crippen molar-refractivity contribution in [1.82, 2.24) is 10.3 Å². The molecule has 170 valence electrons. The monoisotopic (exact) mass is 454 g/mol. The number of nitrogens with zero attached hydrogens (tertiary/aromatic N) is 1. The summed E-state index contributed by atoms with van der Waals surface area (Å²) in [5.41, 5.74) is 5.19. The number of hydrogen-bond donors (Lipinski definition) is 3. The molecule has 7 nitrogen and oxygen atoms in total. The molecule has 0 saturated heterocycles. The van der Waals surface area contributed by atoms with Crippen molar-refractivity contribution in [2.75, 3.05) is 6.61 Å². The van der Waals surface area contributed by atoms with Crippen LogP contribution < -0.4 is 5.32 Å². The number of phenolic OH excluding ortho intramolecular Hbond substituents is 1. The summed E-state index contributed by atoms with van der Waals surface area (Å²) in [5.74, 6) is -1.31. The lowest BCUT2D eigenvalue weighted by atomic mass is 9.98. The predicted molar refractivity (Wildman–Crippen MR) is 127 cm³/mol. The van der Waals surface area contributed by atoms with E-state index in [9.17, 15) is 19.8 Å². The molecule has 5 rings (SSSR count). The van der Waals surface area contributed by atoms with Gasteiger partial charge in [0, 0.05) is 23.4 Å². The lowest BCUT2D eigenvalue weighted by molar-refractivity contribution is -0.139. The summed E-state index contributed by atoms with van der Waals surface area (Å²) >= 11 is 0. The molecule has 0 spiro atoms. The summed E-state index contributed by atoms with van der Waals surface area (Å²) in [6.45, 7) is 0.0916. The number of aromatic nitrogens is 1. The maximum Gasteiger partial charge on any atom is 0.407 e. The molecule has 3 N–H and O–H groups in total. The second-order valence-corrected chi connectivity index (χ2v) is 8.22. The minimum absolute atomic E-state index is 0.00993. The van der Waals surface area contributed by atoms with E-state index >= 15 is 0 Å². The van der Waals surface area contributed by atoms with Gasteiger partial charge in [-0.15, -0.1) is 0 Å². The summed E-state index contributed by atoms with van der Waals surface area (Å²) in [6, 6.07) is 23.2. The molecular formula is C27H22N2O5. The molecule has 0 saturated carbocycles. The number of pyridine rings is 1. The number of carboxylic acid groups (broad SMARTS) is 1. The number of benzene rings is 3. The van der Waals surface area contributed by atoms with Crippen molar-refractivity contribution in [2.24, 2.45) is 0 Å². The second kappa shape index (κ2) is 8.86. The van der Waals surface area contributed by atoms with Crippen LogP contribution in [0, 0.1) is 0 Å². The summed E-state index contributed by atoms with van der Waals surface area (Å²) in [6.07, 6.45) is -0.859. The van der Waals surface area contributed by atoms with Crippen LogP contribution >= 0.6 is 0 Å². The topological polar surface area (TPSA) is 109 Å². The quantitative estimate of drug-likeness (QED) is 0.397. The van der Waals surface area contributed by atoms with E-state index in [1.54, 1.807) is 24.3 Å². The minimum Gasteiger partial charge on any atom is -0.506 e. The molecule has 4 aromatic rings. The van der Waals surface area contributed by atoms with Crippen LogP contribution in [-0.2, 0) is 16.0 Å². The van der Waals surface area contributed by atoms with Gasteiger partial charge in [0.1, 0.15) is 23.9 Å². The van der Waals surface area contributed by atoms with Crippen molar-refractivity contribution in [1.29, 1.82) is 0 Å². The lowest BCUT2D eigenvalue weighted by Crippen LogP contribution is -2.43. The van der Waals surface area contributed by atoms with Crippen molar-refractivity contribution in [3.8, 4) is 16.9 Å². The molecule has 0 aliphatic heterocycles. The summed E-state index contributed by atoms with van der Waals surface area (Å²) in [5, 5.41) is 22.8. The molecule has 1 amide bonds. The molecule has 3 aromatic carbocycles. The first-order valence-electron chi connectivity index (χ1n) is 10.9. The van der Waals surface area contributed by atoms with Gasteiger partial charge in [-0.1, -0.05) is 66.7 Å². The lowest BCUT2D eigenvalue weighted by Gasteiger charge is -2.17. The number of carboxylic acids is 1. The number of nitrogens with one attached hydrogen (secondary N) is 1. The number of aromatic hydroxyl groups is 1. The fourth-order valence-corrected chi connectivity index (χ4v) is 4.48. The third-order valence-electron chi connectivity index (χ3n) is 6.10. The third kappa shape index (κ3) is 4.03. The first-order chi connectivity index (χ1) is 16.5. The van der Waals surface area contributed by atoms with Crippen LogP contribution in [0.15, 0.2) is 78.9 Å². The van der Waals surface area contributed by atoms with Gasteiger partial charge in [-0.25, -0.2) is 14.6 Å². The van der Waals surface area contributed by atoms with Crippen LogP contribution in [-0.4, -0.2) is 39.9 Å². The Balaban J connectivity index is 1.28. The van der Waals surface area contributed by atoms with E-state index in [-0.39, 0.29) is 24.7 Å². The van der Waals surface area contributed by atoms with Gasteiger partial charge in [-0.2, -0.15) is 0 Å². The normalized spacial score (nSPS) is 13.2. The Morgan fingerprint density at radius 2 is 1.59 bits per heavy atom. The zero-order chi connectivity index (χ0) is 23.7. The molecule has 0 fully saturated rings. The summed E-state index contributed by atoms with van der Waals surface area (Å²) in [4.78, 5) is 28.7. The van der Waals surface area contributed by atoms with Crippen molar-refractivity contribution < 1.29 is 24.5 Å². The van der Waals surface area contributed by atoms with E-state index in [0.29, 0.717) is 11.2 Å². The highest BCUT2D eigenvalue weighted by Crippen LogP contribution is 2.44. The number of carbonyl (C=O) groups excluding carboxylic acids is 1. The van der Waals surface area contributed by atoms with Gasteiger partial charge >= 0.3 is 12.1 Å². The molecule has 1 aliphatic carbocycles. The average Bonchev–Trinajstić information content (AvgIpc) is 3.16. The zero-order valence-electron chi connectivity index (χ0n) is 18.1. The fourth-order valence-electron chi connectivity index (χ4n) is 4.48. The minimum atomic E-state index is -1.23. The van der Waals surface area contributed by atoms with Crippen LogP contribution in [0.1, 0.15) is 22.7 Å². The van der Waals surface area contributed by atoms with Gasteiger partial charge in [-0.3, -0.25) is 0 Å². The molecule has 0 bridgehead atoms. The molecule has 7 heteroatoms. The van der Waals surface area contributed by atoms with Crippen LogP contribution in [0.2, 0.25) is 0 Å². The standard InChI is InChI=1S/C27H22N2O5/c30-24-11-5-6-16-12-13-17(28-25(16)24)14-23(26(31)32)29-27(33)34-15-22-20-9-3-1-7-18(20)19-8-2-4-10-21(19)22/h1-13,22-23,30H,14-15H2,(H,29,33)(H,31,32)/t23-/m0/s1. The third-order valence-corrected chi connectivity index (χ3v) is 6.10. The van der Waals surface area contributed by atoms with Gasteiger partial charge in [0.05, 0.1) is 0 Å². The maximum atomic E-state index is 12.5. The highest BCUT2D eigenvalue weighted by Gasteiger charge is 2.30. The number of amides is 1. The van der Waals surface area contributed by atoms with E-state index in [0.717, 1.165) is 27.6 Å². The Kier molecular flexibility index (Phi) is 5.59. The number of rotatable bonds is 6. The number of para-hydroxylation sites is 1. The molecular weight excluding hydrogens is 432 g/mol. The van der Waals surface area contributed by atoms with Crippen LogP contribution in [0.25, 0.3) is 22.0 Å². The molecule has 1 aromatic heterocycles. The smallest absolute Gasteiger partial charge is 0.407 e. The maximum absolute atomic E-state index is 12.5. The van der Waals surface area contributed by atoms with Gasteiger partial charge in [0.25, 0.3) is 0 Å². The van der Waals surface area contributed by atoms with E-state index in [4.69, 9.17) is 4.74 Å². The fraction of sp³-hybridized carbons (Fsp3) is 0.148. The second-order valence-electron chi connectivity index (χ2n) is 8.22. The highest BCUT2D eigenvalue weighted by atomic mass is 16.5. The first kappa shape index (κ1) is 21.5. The Morgan fingerprint density at radius 3 is 2.26 bits per heavy atom. The van der Waals surface area contributed by atoms with Crippen molar-refractivity contribution >= 4 is 23.0 Å². The molecule has 1 heterocycles. The largest absolute Gasteiger partial charge is 0.506 e. The number of ether oxygens (including phenoxy) is 1. The molecule has 1 atom stereocenters. The van der Waals surface area contributed by atoms with E-state index in [1.807, 2.05) is 48.5 Å². The van der Waals surface area contributed by atoms with Crippen LogP contribution in [0.4, 0.5) is 4.79 Å². The first-order valence-corrected chi connectivity index (χ1v) is 10.9. The summed E-state index contributed by atoms with van der Waals surface area (Å²) < 4.78 is 5.47. The number of aliphatic carboxylic acids is 1. The molecule has 1 aliphatic rings. The Labute approximate surface area is 195 Å². The molecule has 0 unspecified atom stereocenters. The Hall–Kier alpha value is -4.39. The zero-order valence-corrected chi connectivity index (χ0v) is 18.1. The SMILES string of the molecule is O=C(N[C@@H](Cc1ccc2cccc(O)c2n1)C(=O)O)OCC1c2ccccc2-c2ccccc21. The average molecular weight is 454 g/mol. The molecule has 34 heavy (non-hydrogen) atoms. The number of carbonyl (C=O) groups is 2. The number of hydrogen-bond acceptors (Lipinski definition) is 5. The number of phenols is 1. The van der Waals surface area contributed by atoms with E-state index < -0.39 is 18.1 Å². The van der Waals surface area contributed by atoms with Crippen LogP contribution in [0.3, 0.4) is 0 Å². The van der Waals surface area contributed by atoms with Crippen molar-refractivity contribution in [3.05, 3.63) is 95.7 Å². The number of alkyl carbamates (subject to hydrolysis) is 1. The summed E-state index contributed by atoms with van der Waals surface area (Å²) in [7, 11) is 0. The van der Waals surface area contributed by atoms with Crippen molar-refractivity contribution in [3.63, 3.8) is 0 Å². The predicted octanol–water partition coefficient (Wildman–Crippen LogP) is 4.47. The van der Waals surface area contributed by atoms with Gasteiger partial charge in [-0.05, 0) is 34.4 Å². The van der Waals surface area contributed by atoms with Gasteiger partial charge < -0.3 is 20.3 Å². The number of fused-ring (bicyclic) bond motifs is 4. The van der Waals surface area contributed by atoms with E-state index in [2.05, 4.69) is 10.3 Å². The Bertz CT molecular complexity index is 1360.